The number of carbonyl (C=O) groups excluding carboxylic acids is 1. The number of amides is 1. The number of nitriles is 1. The molecule has 0 fully saturated rings. The fraction of sp³-hybridized carbons (Fsp3) is 0.308. The van der Waals surface area contributed by atoms with Crippen molar-refractivity contribution in [2.45, 2.75) is 46.1 Å². The summed E-state index contributed by atoms with van der Waals surface area (Å²) in [5, 5.41) is 21.1. The first-order valence-electron chi connectivity index (χ1n) is 10.9. The molecule has 0 radical (unpaired) electrons. The molecule has 1 N–H and O–H groups in total. The Balaban J connectivity index is 1.71. The van der Waals surface area contributed by atoms with E-state index in [0.29, 0.717) is 28.8 Å². The summed E-state index contributed by atoms with van der Waals surface area (Å²) in [5.41, 5.74) is 2.99. The van der Waals surface area contributed by atoms with Crippen LogP contribution in [0.4, 0.5) is 5.13 Å². The third kappa shape index (κ3) is 6.42. The molecule has 0 saturated heterocycles. The third-order valence-electron chi connectivity index (χ3n) is 5.07. The Morgan fingerprint density at radius 3 is 2.47 bits per heavy atom. The number of methoxy groups -OCH3 is 1. The standard InChI is InChI=1S/C26H28N4O3S/c1-6-23-29-30-25(34-23)28-24(31)19(15-27)13-18-9-12-21(22(14-18)32-5)33-16-17-7-10-20(11-8-17)26(2,3)4/h7-14H,6,16H2,1-5H3,(H,28,30,31)/b19-13+. The van der Waals surface area contributed by atoms with Gasteiger partial charge in [0.1, 0.15) is 23.3 Å². The normalized spacial score (nSPS) is 11.6. The monoisotopic (exact) mass is 476 g/mol. The molecule has 0 bridgehead atoms. The lowest BCUT2D eigenvalue weighted by molar-refractivity contribution is -0.112. The second-order valence-corrected chi connectivity index (χ2v) is 9.69. The van der Waals surface area contributed by atoms with E-state index in [1.54, 1.807) is 25.3 Å². The lowest BCUT2D eigenvalue weighted by Gasteiger charge is -2.19. The van der Waals surface area contributed by atoms with E-state index in [1.807, 2.05) is 13.0 Å². The van der Waals surface area contributed by atoms with Crippen LogP contribution >= 0.6 is 11.3 Å². The Morgan fingerprint density at radius 2 is 1.88 bits per heavy atom. The van der Waals surface area contributed by atoms with Gasteiger partial charge in [-0.15, -0.1) is 10.2 Å². The number of aryl methyl sites for hydroxylation is 1. The van der Waals surface area contributed by atoms with Crippen molar-refractivity contribution in [3.05, 3.63) is 69.7 Å². The molecule has 176 valence electrons. The Morgan fingerprint density at radius 1 is 1.15 bits per heavy atom. The van der Waals surface area contributed by atoms with Crippen LogP contribution in [0.2, 0.25) is 0 Å². The lowest BCUT2D eigenvalue weighted by atomic mass is 9.87. The van der Waals surface area contributed by atoms with Gasteiger partial charge in [-0.3, -0.25) is 10.1 Å². The van der Waals surface area contributed by atoms with Crippen molar-refractivity contribution in [2.24, 2.45) is 0 Å². The van der Waals surface area contributed by atoms with Gasteiger partial charge in [-0.05, 0) is 46.7 Å². The van der Waals surface area contributed by atoms with Crippen LogP contribution in [0.1, 0.15) is 49.4 Å². The van der Waals surface area contributed by atoms with Gasteiger partial charge >= 0.3 is 0 Å². The number of benzene rings is 2. The average molecular weight is 477 g/mol. The second kappa shape index (κ2) is 10.9. The van der Waals surface area contributed by atoms with Crippen molar-refractivity contribution in [3.63, 3.8) is 0 Å². The maximum atomic E-state index is 12.5. The minimum atomic E-state index is -0.542. The molecule has 0 aliphatic rings. The molecule has 0 saturated carbocycles. The summed E-state index contributed by atoms with van der Waals surface area (Å²) in [7, 11) is 1.55. The number of hydrogen-bond acceptors (Lipinski definition) is 7. The van der Waals surface area contributed by atoms with Gasteiger partial charge in [0.25, 0.3) is 5.91 Å². The predicted molar refractivity (Wildman–Crippen MR) is 134 cm³/mol. The zero-order valence-corrected chi connectivity index (χ0v) is 20.8. The fourth-order valence-electron chi connectivity index (χ4n) is 3.08. The number of rotatable bonds is 8. The first-order valence-corrected chi connectivity index (χ1v) is 11.7. The van der Waals surface area contributed by atoms with Crippen molar-refractivity contribution >= 4 is 28.5 Å². The summed E-state index contributed by atoms with van der Waals surface area (Å²) in [6.07, 6.45) is 2.22. The van der Waals surface area contributed by atoms with Crippen LogP contribution in [-0.4, -0.2) is 23.2 Å². The minimum Gasteiger partial charge on any atom is -0.493 e. The molecule has 0 aliphatic carbocycles. The molecule has 0 aliphatic heterocycles. The van der Waals surface area contributed by atoms with Gasteiger partial charge < -0.3 is 9.47 Å². The SMILES string of the molecule is CCc1nnc(NC(=O)/C(C#N)=C/c2ccc(OCc3ccc(C(C)(C)C)cc3)c(OC)c2)s1. The van der Waals surface area contributed by atoms with Gasteiger partial charge in [-0.1, -0.05) is 69.4 Å². The predicted octanol–water partition coefficient (Wildman–Crippen LogP) is 5.53. The fourth-order valence-corrected chi connectivity index (χ4v) is 3.76. The first-order chi connectivity index (χ1) is 16.2. The summed E-state index contributed by atoms with van der Waals surface area (Å²) >= 11 is 1.28. The average Bonchev–Trinajstić information content (AvgIpc) is 3.28. The molecular weight excluding hydrogens is 448 g/mol. The van der Waals surface area contributed by atoms with Gasteiger partial charge in [0, 0.05) is 0 Å². The maximum absolute atomic E-state index is 12.5. The zero-order valence-electron chi connectivity index (χ0n) is 20.0. The van der Waals surface area contributed by atoms with Crippen LogP contribution in [0.5, 0.6) is 11.5 Å². The molecule has 8 heteroatoms. The molecule has 1 heterocycles. The Bertz CT molecular complexity index is 1220. The van der Waals surface area contributed by atoms with E-state index in [2.05, 4.69) is 60.6 Å². The molecule has 0 spiro atoms. The number of hydrogen-bond donors (Lipinski definition) is 1. The van der Waals surface area contributed by atoms with Gasteiger partial charge in [0.05, 0.1) is 7.11 Å². The van der Waals surface area contributed by atoms with E-state index < -0.39 is 5.91 Å². The second-order valence-electron chi connectivity index (χ2n) is 8.62. The zero-order chi connectivity index (χ0) is 24.7. The molecule has 1 aromatic heterocycles. The highest BCUT2D eigenvalue weighted by molar-refractivity contribution is 7.15. The Hall–Kier alpha value is -3.70. The Kier molecular flexibility index (Phi) is 8.03. The third-order valence-corrected chi connectivity index (χ3v) is 6.05. The van der Waals surface area contributed by atoms with Crippen molar-refractivity contribution in [3.8, 4) is 17.6 Å². The molecule has 3 rings (SSSR count). The topological polar surface area (TPSA) is 97.1 Å². The van der Waals surface area contributed by atoms with E-state index in [9.17, 15) is 10.1 Å². The van der Waals surface area contributed by atoms with Gasteiger partial charge in [-0.25, -0.2) is 0 Å². The van der Waals surface area contributed by atoms with Gasteiger partial charge in [-0.2, -0.15) is 5.26 Å². The molecule has 1 amide bonds. The van der Waals surface area contributed by atoms with Crippen molar-refractivity contribution in [1.82, 2.24) is 10.2 Å². The van der Waals surface area contributed by atoms with E-state index in [1.165, 1.54) is 23.0 Å². The van der Waals surface area contributed by atoms with E-state index >= 15 is 0 Å². The molecule has 0 atom stereocenters. The highest BCUT2D eigenvalue weighted by Gasteiger charge is 2.15. The van der Waals surface area contributed by atoms with Crippen LogP contribution in [-0.2, 0) is 23.2 Å². The number of aromatic nitrogens is 2. The van der Waals surface area contributed by atoms with Crippen LogP contribution in [0.3, 0.4) is 0 Å². The molecule has 3 aromatic rings. The highest BCUT2D eigenvalue weighted by Crippen LogP contribution is 2.30. The van der Waals surface area contributed by atoms with E-state index in [-0.39, 0.29) is 11.0 Å². The number of carbonyl (C=O) groups is 1. The highest BCUT2D eigenvalue weighted by atomic mass is 32.1. The lowest BCUT2D eigenvalue weighted by Crippen LogP contribution is -2.13. The smallest absolute Gasteiger partial charge is 0.268 e. The number of nitrogens with zero attached hydrogens (tertiary/aromatic N) is 3. The number of ether oxygens (including phenoxy) is 2. The first kappa shape index (κ1) is 24.9. The molecular formula is C26H28N4O3S. The molecule has 34 heavy (non-hydrogen) atoms. The van der Waals surface area contributed by atoms with Crippen molar-refractivity contribution < 1.29 is 14.3 Å². The van der Waals surface area contributed by atoms with Crippen molar-refractivity contribution in [1.29, 1.82) is 5.26 Å². The summed E-state index contributed by atoms with van der Waals surface area (Å²) < 4.78 is 11.4. The minimum absolute atomic E-state index is 0.0529. The van der Waals surface area contributed by atoms with Crippen LogP contribution < -0.4 is 14.8 Å². The summed E-state index contributed by atoms with van der Waals surface area (Å²) in [4.78, 5) is 12.5. The quantitative estimate of drug-likeness (QED) is 0.339. The maximum Gasteiger partial charge on any atom is 0.268 e. The van der Waals surface area contributed by atoms with Crippen LogP contribution in [0, 0.1) is 11.3 Å². The van der Waals surface area contributed by atoms with Crippen LogP contribution in [0.25, 0.3) is 6.08 Å². The molecule has 7 nitrogen and oxygen atoms in total. The molecule has 2 aromatic carbocycles. The number of anilines is 1. The van der Waals surface area contributed by atoms with E-state index in [0.717, 1.165) is 17.0 Å². The Labute approximate surface area is 204 Å². The summed E-state index contributed by atoms with van der Waals surface area (Å²) in [6.45, 7) is 8.89. The largest absolute Gasteiger partial charge is 0.493 e. The van der Waals surface area contributed by atoms with Gasteiger partial charge in [0.15, 0.2) is 11.5 Å². The summed E-state index contributed by atoms with van der Waals surface area (Å²) in [5.74, 6) is 0.539. The van der Waals surface area contributed by atoms with E-state index in [4.69, 9.17) is 9.47 Å². The molecule has 0 unspecified atom stereocenters. The summed E-state index contributed by atoms with van der Waals surface area (Å²) in [6, 6.07) is 15.5. The number of nitrogens with one attached hydrogen (secondary N) is 1. The van der Waals surface area contributed by atoms with Gasteiger partial charge in [0.2, 0.25) is 5.13 Å². The van der Waals surface area contributed by atoms with Crippen LogP contribution in [0.15, 0.2) is 48.0 Å². The van der Waals surface area contributed by atoms with Crippen molar-refractivity contribution in [2.75, 3.05) is 12.4 Å².